The van der Waals surface area contributed by atoms with E-state index < -0.39 is 5.97 Å². The van der Waals surface area contributed by atoms with Crippen LogP contribution in [0.1, 0.15) is 15.9 Å². The average Bonchev–Trinajstić information content (AvgIpc) is 2.96. The number of amides is 1. The lowest BCUT2D eigenvalue weighted by molar-refractivity contribution is -0.121. The normalized spacial score (nSPS) is 18.8. The summed E-state index contributed by atoms with van der Waals surface area (Å²) < 4.78 is 5.73. The molecule has 0 spiro atoms. The van der Waals surface area contributed by atoms with Crippen molar-refractivity contribution in [2.75, 3.05) is 13.7 Å². The van der Waals surface area contributed by atoms with E-state index in [1.54, 1.807) is 31.3 Å². The van der Waals surface area contributed by atoms with Crippen molar-refractivity contribution < 1.29 is 19.4 Å². The number of aromatic carboxylic acids is 1. The smallest absolute Gasteiger partial charge is 0.337 e. The number of rotatable bonds is 3. The van der Waals surface area contributed by atoms with E-state index in [9.17, 15) is 14.7 Å². The molecule has 0 aromatic heterocycles. The van der Waals surface area contributed by atoms with E-state index in [-0.39, 0.29) is 11.5 Å². The number of likely N-dealkylation sites (N-methyl/N-ethyl adjacent to an activating group) is 1. The Morgan fingerprint density at radius 3 is 2.79 bits per heavy atom. The fourth-order valence-corrected chi connectivity index (χ4v) is 3.89. The molecule has 7 heteroatoms. The number of carbonyl (C=O) groups is 2. The Balaban J connectivity index is 1.64. The molecule has 1 N–H and O–H groups in total. The third-order valence-corrected chi connectivity index (χ3v) is 5.38. The summed E-state index contributed by atoms with van der Waals surface area (Å²) in [5, 5.41) is 9.75. The van der Waals surface area contributed by atoms with Gasteiger partial charge in [-0.15, -0.1) is 0 Å². The maximum absolute atomic E-state index is 12.6. The summed E-state index contributed by atoms with van der Waals surface area (Å²) in [6, 6.07) is 14.2. The van der Waals surface area contributed by atoms with Crippen molar-refractivity contribution in [3.05, 3.63) is 76.2 Å². The molecule has 0 atom stereocenters. The first kappa shape index (κ1) is 18.1. The highest BCUT2D eigenvalue weighted by molar-refractivity contribution is 8.18. The molecule has 0 aliphatic carbocycles. The minimum atomic E-state index is -1.06. The molecule has 2 aromatic carbocycles. The zero-order valence-electron chi connectivity index (χ0n) is 15.0. The van der Waals surface area contributed by atoms with Crippen LogP contribution < -0.4 is 4.74 Å². The van der Waals surface area contributed by atoms with Gasteiger partial charge in [0.1, 0.15) is 12.4 Å². The van der Waals surface area contributed by atoms with Gasteiger partial charge in [-0.25, -0.2) is 9.79 Å². The Labute approximate surface area is 165 Å². The molecule has 2 heterocycles. The zero-order chi connectivity index (χ0) is 19.7. The van der Waals surface area contributed by atoms with Crippen LogP contribution in [-0.2, 0) is 4.79 Å². The number of benzene rings is 2. The van der Waals surface area contributed by atoms with Gasteiger partial charge in [-0.05, 0) is 47.7 Å². The van der Waals surface area contributed by atoms with E-state index in [4.69, 9.17) is 4.74 Å². The molecular formula is C21H16N2O4S. The van der Waals surface area contributed by atoms with Gasteiger partial charge in [-0.3, -0.25) is 9.69 Å². The molecule has 1 saturated heterocycles. The lowest BCUT2D eigenvalue weighted by Gasteiger charge is -2.15. The fourth-order valence-electron chi connectivity index (χ4n) is 2.89. The Hall–Kier alpha value is -3.32. The summed E-state index contributed by atoms with van der Waals surface area (Å²) in [4.78, 5) is 30.3. The van der Waals surface area contributed by atoms with Crippen LogP contribution in [0.4, 0.5) is 5.69 Å². The fraction of sp³-hybridized carbons (Fsp3) is 0.0952. The molecule has 6 nitrogen and oxygen atoms in total. The second-order valence-corrected chi connectivity index (χ2v) is 7.25. The molecule has 1 fully saturated rings. The first-order valence-electron chi connectivity index (χ1n) is 8.54. The van der Waals surface area contributed by atoms with Gasteiger partial charge >= 0.3 is 5.97 Å². The molecule has 0 saturated carbocycles. The number of carboxylic acid groups (broad SMARTS) is 1. The van der Waals surface area contributed by atoms with E-state index in [1.165, 1.54) is 22.7 Å². The number of fused-ring (bicyclic) bond motifs is 1. The summed E-state index contributed by atoms with van der Waals surface area (Å²) >= 11 is 1.22. The van der Waals surface area contributed by atoms with Crippen LogP contribution in [0.2, 0.25) is 0 Å². The van der Waals surface area contributed by atoms with Crippen molar-refractivity contribution in [1.82, 2.24) is 4.90 Å². The highest BCUT2D eigenvalue weighted by Crippen LogP contribution is 2.35. The second-order valence-electron chi connectivity index (χ2n) is 6.24. The quantitative estimate of drug-likeness (QED) is 0.801. The molecule has 2 aromatic rings. The van der Waals surface area contributed by atoms with Gasteiger partial charge in [0, 0.05) is 12.6 Å². The number of ether oxygens (including phenoxy) is 1. The van der Waals surface area contributed by atoms with Crippen molar-refractivity contribution in [1.29, 1.82) is 0 Å². The maximum Gasteiger partial charge on any atom is 0.337 e. The van der Waals surface area contributed by atoms with Gasteiger partial charge in [0.25, 0.3) is 5.91 Å². The van der Waals surface area contributed by atoms with Crippen molar-refractivity contribution in [3.63, 3.8) is 0 Å². The highest BCUT2D eigenvalue weighted by atomic mass is 32.2. The van der Waals surface area contributed by atoms with Crippen LogP contribution in [0, 0.1) is 0 Å². The van der Waals surface area contributed by atoms with Crippen molar-refractivity contribution >= 4 is 40.6 Å². The van der Waals surface area contributed by atoms with E-state index in [2.05, 4.69) is 4.99 Å². The summed E-state index contributed by atoms with van der Waals surface area (Å²) in [5.41, 5.74) is 2.25. The van der Waals surface area contributed by atoms with Crippen LogP contribution in [-0.4, -0.2) is 40.7 Å². The first-order valence-corrected chi connectivity index (χ1v) is 9.35. The minimum Gasteiger partial charge on any atom is -0.488 e. The summed E-state index contributed by atoms with van der Waals surface area (Å²) in [7, 11) is 1.62. The van der Waals surface area contributed by atoms with Crippen LogP contribution >= 0.6 is 11.8 Å². The predicted molar refractivity (Wildman–Crippen MR) is 109 cm³/mol. The Kier molecular flexibility index (Phi) is 4.75. The monoisotopic (exact) mass is 392 g/mol. The number of aliphatic imine (C=N–C) groups is 1. The van der Waals surface area contributed by atoms with Gasteiger partial charge in [0.15, 0.2) is 5.17 Å². The molecule has 28 heavy (non-hydrogen) atoms. The van der Waals surface area contributed by atoms with E-state index in [0.717, 1.165) is 16.9 Å². The lowest BCUT2D eigenvalue weighted by atomic mass is 10.1. The second kappa shape index (κ2) is 7.36. The molecule has 0 radical (unpaired) electrons. The highest BCUT2D eigenvalue weighted by Gasteiger charge is 2.31. The van der Waals surface area contributed by atoms with E-state index >= 15 is 0 Å². The number of hydrogen-bond donors (Lipinski definition) is 1. The van der Waals surface area contributed by atoms with Crippen LogP contribution in [0.15, 0.2) is 70.1 Å². The average molecular weight is 392 g/mol. The zero-order valence-corrected chi connectivity index (χ0v) is 15.8. The third-order valence-electron chi connectivity index (χ3n) is 4.32. The molecule has 2 aliphatic rings. The molecule has 0 unspecified atom stereocenters. The van der Waals surface area contributed by atoms with Crippen LogP contribution in [0.3, 0.4) is 0 Å². The van der Waals surface area contributed by atoms with Crippen molar-refractivity contribution in [2.24, 2.45) is 4.99 Å². The maximum atomic E-state index is 12.6. The number of carbonyl (C=O) groups excluding carboxylic acids is 1. The molecule has 140 valence electrons. The SMILES string of the molecule is CN1C(=O)/C(=C/C2=Cc3ccccc3OC2)SC1=Nc1ccccc1C(=O)O. The number of amidine groups is 1. The van der Waals surface area contributed by atoms with Gasteiger partial charge in [0.05, 0.1) is 16.2 Å². The first-order chi connectivity index (χ1) is 13.5. The van der Waals surface area contributed by atoms with Crippen LogP contribution in [0.25, 0.3) is 6.08 Å². The number of hydrogen-bond acceptors (Lipinski definition) is 5. The Morgan fingerprint density at radius 2 is 1.96 bits per heavy atom. The Bertz CT molecular complexity index is 1070. The number of nitrogens with zero attached hydrogens (tertiary/aromatic N) is 2. The molecule has 1 amide bonds. The summed E-state index contributed by atoms with van der Waals surface area (Å²) in [6.45, 7) is 0.381. The van der Waals surface area contributed by atoms with Gasteiger partial charge < -0.3 is 9.84 Å². The standard InChI is InChI=1S/C21H16N2O4S/c1-23-19(24)18(11-13-10-14-6-2-5-9-17(14)27-12-13)28-21(23)22-16-8-4-3-7-15(16)20(25)26/h2-11H,12H2,1H3,(H,25,26)/b18-11-,22-21?. The molecule has 2 aliphatic heterocycles. The molecular weight excluding hydrogens is 376 g/mol. The number of carboxylic acids is 1. The Morgan fingerprint density at radius 1 is 1.21 bits per heavy atom. The topological polar surface area (TPSA) is 79.2 Å². The van der Waals surface area contributed by atoms with Crippen LogP contribution in [0.5, 0.6) is 5.75 Å². The largest absolute Gasteiger partial charge is 0.488 e. The third kappa shape index (κ3) is 3.44. The number of para-hydroxylation sites is 2. The predicted octanol–water partition coefficient (Wildman–Crippen LogP) is 3.94. The summed E-state index contributed by atoms with van der Waals surface area (Å²) in [5.74, 6) is -0.424. The minimum absolute atomic E-state index is 0.0916. The lowest BCUT2D eigenvalue weighted by Crippen LogP contribution is -2.24. The number of thioether (sulfide) groups is 1. The van der Waals surface area contributed by atoms with Crippen molar-refractivity contribution in [3.8, 4) is 5.75 Å². The van der Waals surface area contributed by atoms with Gasteiger partial charge in [-0.1, -0.05) is 30.3 Å². The van der Waals surface area contributed by atoms with E-state index in [0.29, 0.717) is 22.4 Å². The van der Waals surface area contributed by atoms with E-state index in [1.807, 2.05) is 30.3 Å². The molecule has 4 rings (SSSR count). The van der Waals surface area contributed by atoms with Crippen molar-refractivity contribution in [2.45, 2.75) is 0 Å². The van der Waals surface area contributed by atoms with Gasteiger partial charge in [-0.2, -0.15) is 0 Å². The molecule has 0 bridgehead atoms. The van der Waals surface area contributed by atoms with Gasteiger partial charge in [0.2, 0.25) is 0 Å². The summed E-state index contributed by atoms with van der Waals surface area (Å²) in [6.07, 6.45) is 3.79.